The molecule has 3 aromatic rings. The number of para-hydroxylation sites is 1. The number of amides is 1. The van der Waals surface area contributed by atoms with Crippen LogP contribution >= 0.6 is 0 Å². The highest BCUT2D eigenvalue weighted by molar-refractivity contribution is 5.94. The van der Waals surface area contributed by atoms with Crippen molar-refractivity contribution in [1.29, 1.82) is 0 Å². The van der Waals surface area contributed by atoms with Crippen LogP contribution in [0.2, 0.25) is 0 Å². The lowest BCUT2D eigenvalue weighted by atomic mass is 10.1. The standard InChI is InChI=1S/C22H24N2O3/c1-24(2)20(21-9-6-14-26-21)15-23-22(25)18-12-10-17(11-13-18)16-27-19-7-4-3-5-8-19/h3-14,20H,15-16H2,1-2H3,(H,23,25). The highest BCUT2D eigenvalue weighted by atomic mass is 16.5. The number of carbonyl (C=O) groups is 1. The van der Waals surface area contributed by atoms with Gasteiger partial charge in [-0.15, -0.1) is 0 Å². The molecule has 0 saturated carbocycles. The minimum absolute atomic E-state index is 0.0116. The minimum Gasteiger partial charge on any atom is -0.489 e. The molecule has 1 heterocycles. The van der Waals surface area contributed by atoms with Gasteiger partial charge < -0.3 is 14.5 Å². The zero-order valence-corrected chi connectivity index (χ0v) is 15.6. The summed E-state index contributed by atoms with van der Waals surface area (Å²) in [5.74, 6) is 1.55. The SMILES string of the molecule is CN(C)C(CNC(=O)c1ccc(COc2ccccc2)cc1)c1ccco1. The maximum atomic E-state index is 12.4. The summed E-state index contributed by atoms with van der Waals surface area (Å²) in [5, 5.41) is 2.97. The van der Waals surface area contributed by atoms with E-state index in [0.717, 1.165) is 17.1 Å². The summed E-state index contributed by atoms with van der Waals surface area (Å²) in [6.45, 7) is 0.936. The third-order valence-corrected chi connectivity index (χ3v) is 4.32. The van der Waals surface area contributed by atoms with E-state index >= 15 is 0 Å². The smallest absolute Gasteiger partial charge is 0.251 e. The average molecular weight is 364 g/mol. The maximum Gasteiger partial charge on any atom is 0.251 e. The summed E-state index contributed by atoms with van der Waals surface area (Å²) >= 11 is 0. The summed E-state index contributed by atoms with van der Waals surface area (Å²) in [7, 11) is 3.92. The van der Waals surface area contributed by atoms with Gasteiger partial charge in [0.1, 0.15) is 18.1 Å². The molecule has 27 heavy (non-hydrogen) atoms. The van der Waals surface area contributed by atoms with E-state index in [4.69, 9.17) is 9.15 Å². The molecular weight excluding hydrogens is 340 g/mol. The van der Waals surface area contributed by atoms with Crippen LogP contribution in [0.5, 0.6) is 5.75 Å². The van der Waals surface area contributed by atoms with Crippen molar-refractivity contribution in [1.82, 2.24) is 10.2 Å². The van der Waals surface area contributed by atoms with E-state index in [-0.39, 0.29) is 11.9 Å². The average Bonchev–Trinajstić information content (AvgIpc) is 3.22. The second-order valence-corrected chi connectivity index (χ2v) is 6.50. The minimum atomic E-state index is -0.107. The van der Waals surface area contributed by atoms with E-state index in [2.05, 4.69) is 5.32 Å². The Kier molecular flexibility index (Phi) is 6.28. The lowest BCUT2D eigenvalue weighted by molar-refractivity contribution is 0.0939. The second-order valence-electron chi connectivity index (χ2n) is 6.50. The van der Waals surface area contributed by atoms with Gasteiger partial charge in [0.2, 0.25) is 0 Å². The van der Waals surface area contributed by atoms with Crippen molar-refractivity contribution in [3.8, 4) is 5.75 Å². The molecule has 0 saturated heterocycles. The molecule has 0 aliphatic rings. The highest BCUT2D eigenvalue weighted by Gasteiger charge is 2.18. The van der Waals surface area contributed by atoms with E-state index in [1.54, 1.807) is 6.26 Å². The van der Waals surface area contributed by atoms with Gasteiger partial charge in [-0.2, -0.15) is 0 Å². The van der Waals surface area contributed by atoms with Gasteiger partial charge in [0, 0.05) is 12.1 Å². The molecule has 0 spiro atoms. The first-order chi connectivity index (χ1) is 13.1. The number of carbonyl (C=O) groups excluding carboxylic acids is 1. The van der Waals surface area contributed by atoms with Crippen molar-refractivity contribution in [2.45, 2.75) is 12.6 Å². The van der Waals surface area contributed by atoms with E-state index in [0.29, 0.717) is 18.7 Å². The van der Waals surface area contributed by atoms with Crippen LogP contribution in [0.3, 0.4) is 0 Å². The fraction of sp³-hybridized carbons (Fsp3) is 0.227. The van der Waals surface area contributed by atoms with E-state index < -0.39 is 0 Å². The molecule has 5 heteroatoms. The summed E-state index contributed by atoms with van der Waals surface area (Å²) in [4.78, 5) is 14.5. The number of nitrogens with one attached hydrogen (secondary N) is 1. The Balaban J connectivity index is 1.54. The van der Waals surface area contributed by atoms with Crippen molar-refractivity contribution in [2.24, 2.45) is 0 Å². The fourth-order valence-corrected chi connectivity index (χ4v) is 2.75. The normalized spacial score (nSPS) is 12.0. The summed E-state index contributed by atoms with van der Waals surface area (Å²) in [6.07, 6.45) is 1.64. The van der Waals surface area contributed by atoms with Crippen molar-refractivity contribution in [3.63, 3.8) is 0 Å². The van der Waals surface area contributed by atoms with Crippen molar-refractivity contribution in [2.75, 3.05) is 20.6 Å². The number of nitrogens with zero attached hydrogens (tertiary/aromatic N) is 1. The topological polar surface area (TPSA) is 54.7 Å². The second kappa shape index (κ2) is 9.05. The summed E-state index contributed by atoms with van der Waals surface area (Å²) in [6, 6.07) is 20.9. The van der Waals surface area contributed by atoms with Gasteiger partial charge in [-0.05, 0) is 56.1 Å². The molecule has 140 valence electrons. The molecule has 0 aliphatic heterocycles. The van der Waals surface area contributed by atoms with Crippen LogP contribution < -0.4 is 10.1 Å². The molecule has 2 aromatic carbocycles. The van der Waals surface area contributed by atoms with E-state index in [1.807, 2.05) is 85.7 Å². The highest BCUT2D eigenvalue weighted by Crippen LogP contribution is 2.18. The Morgan fingerprint density at radius 2 is 1.78 bits per heavy atom. The molecule has 1 aromatic heterocycles. The quantitative estimate of drug-likeness (QED) is 0.659. The van der Waals surface area contributed by atoms with Gasteiger partial charge in [-0.25, -0.2) is 0 Å². The Morgan fingerprint density at radius 3 is 2.41 bits per heavy atom. The van der Waals surface area contributed by atoms with Crippen molar-refractivity contribution >= 4 is 5.91 Å². The third kappa shape index (κ3) is 5.21. The fourth-order valence-electron chi connectivity index (χ4n) is 2.75. The van der Waals surface area contributed by atoms with E-state index in [9.17, 15) is 4.79 Å². The molecular formula is C22H24N2O3. The number of benzene rings is 2. The molecule has 0 radical (unpaired) electrons. The van der Waals surface area contributed by atoms with Crippen LogP contribution in [0.1, 0.15) is 27.7 Å². The Bertz CT molecular complexity index is 828. The number of hydrogen-bond donors (Lipinski definition) is 1. The Morgan fingerprint density at radius 1 is 1.04 bits per heavy atom. The largest absolute Gasteiger partial charge is 0.489 e. The first kappa shape index (κ1) is 18.7. The molecule has 0 fully saturated rings. The predicted octanol–water partition coefficient (Wildman–Crippen LogP) is 3.89. The first-order valence-corrected chi connectivity index (χ1v) is 8.88. The van der Waals surface area contributed by atoms with Crippen LogP contribution in [0, 0.1) is 0 Å². The van der Waals surface area contributed by atoms with Gasteiger partial charge in [0.25, 0.3) is 5.91 Å². The lowest BCUT2D eigenvalue weighted by Crippen LogP contribution is -2.34. The van der Waals surface area contributed by atoms with Crippen LogP contribution in [-0.4, -0.2) is 31.4 Å². The number of ether oxygens (including phenoxy) is 1. The molecule has 1 atom stereocenters. The number of rotatable bonds is 8. The summed E-state index contributed by atoms with van der Waals surface area (Å²) < 4.78 is 11.2. The summed E-state index contributed by atoms with van der Waals surface area (Å²) in [5.41, 5.74) is 1.63. The van der Waals surface area contributed by atoms with Crippen molar-refractivity contribution < 1.29 is 13.9 Å². The zero-order valence-electron chi connectivity index (χ0n) is 15.6. The lowest BCUT2D eigenvalue weighted by Gasteiger charge is -2.22. The van der Waals surface area contributed by atoms with Gasteiger partial charge in [0.15, 0.2) is 0 Å². The molecule has 3 rings (SSSR count). The monoisotopic (exact) mass is 364 g/mol. The molecule has 1 N–H and O–H groups in total. The van der Waals surface area contributed by atoms with Gasteiger partial charge in [-0.1, -0.05) is 30.3 Å². The predicted molar refractivity (Wildman–Crippen MR) is 105 cm³/mol. The van der Waals surface area contributed by atoms with Crippen molar-refractivity contribution in [3.05, 3.63) is 89.9 Å². The Hall–Kier alpha value is -3.05. The van der Waals surface area contributed by atoms with Crippen LogP contribution in [0.15, 0.2) is 77.4 Å². The van der Waals surface area contributed by atoms with Gasteiger partial charge in [-0.3, -0.25) is 9.69 Å². The molecule has 1 unspecified atom stereocenters. The number of furan rings is 1. The first-order valence-electron chi connectivity index (χ1n) is 8.88. The Labute approximate surface area is 159 Å². The maximum absolute atomic E-state index is 12.4. The molecule has 0 aliphatic carbocycles. The van der Waals surface area contributed by atoms with Crippen LogP contribution in [-0.2, 0) is 6.61 Å². The van der Waals surface area contributed by atoms with Gasteiger partial charge in [0.05, 0.1) is 12.3 Å². The molecule has 1 amide bonds. The molecule has 5 nitrogen and oxygen atoms in total. The van der Waals surface area contributed by atoms with Crippen LogP contribution in [0.4, 0.5) is 0 Å². The molecule has 0 bridgehead atoms. The third-order valence-electron chi connectivity index (χ3n) is 4.32. The van der Waals surface area contributed by atoms with Gasteiger partial charge >= 0.3 is 0 Å². The van der Waals surface area contributed by atoms with Crippen LogP contribution in [0.25, 0.3) is 0 Å². The number of hydrogen-bond acceptors (Lipinski definition) is 4. The van der Waals surface area contributed by atoms with E-state index in [1.165, 1.54) is 0 Å². The number of likely N-dealkylation sites (N-methyl/N-ethyl adjacent to an activating group) is 1. The zero-order chi connectivity index (χ0) is 19.1.